The highest BCUT2D eigenvalue weighted by atomic mass is 16.1. The fourth-order valence-electron chi connectivity index (χ4n) is 1.88. The third-order valence-electron chi connectivity index (χ3n) is 3.29. The van der Waals surface area contributed by atoms with E-state index in [9.17, 15) is 4.79 Å². The molecule has 0 fully saturated rings. The second-order valence-corrected chi connectivity index (χ2v) is 5.09. The Morgan fingerprint density at radius 2 is 2.11 bits per heavy atom. The van der Waals surface area contributed by atoms with Gasteiger partial charge >= 0.3 is 0 Å². The van der Waals surface area contributed by atoms with Crippen LogP contribution in [0.5, 0.6) is 0 Å². The summed E-state index contributed by atoms with van der Waals surface area (Å²) in [5.41, 5.74) is 1.03. The number of carbonyl (C=O) groups is 1. The summed E-state index contributed by atoms with van der Waals surface area (Å²) in [6, 6.07) is 0. The molecule has 1 N–H and O–H groups in total. The van der Waals surface area contributed by atoms with Crippen LogP contribution in [-0.4, -0.2) is 19.4 Å². The van der Waals surface area contributed by atoms with Crippen LogP contribution in [0.15, 0.2) is 36.5 Å². The van der Waals surface area contributed by atoms with Crippen molar-refractivity contribution in [2.45, 2.75) is 40.0 Å². The summed E-state index contributed by atoms with van der Waals surface area (Å²) in [7, 11) is 0. The molecule has 0 heterocycles. The monoisotopic (exact) mass is 263 g/mol. The van der Waals surface area contributed by atoms with Gasteiger partial charge in [0.2, 0.25) is 0 Å². The predicted molar refractivity (Wildman–Crippen MR) is 84.2 cm³/mol. The molecule has 19 heavy (non-hydrogen) atoms. The first-order chi connectivity index (χ1) is 9.15. The molecule has 0 radical (unpaired) electrons. The molecule has 0 aliphatic rings. The average Bonchev–Trinajstić information content (AvgIpc) is 2.41. The van der Waals surface area contributed by atoms with Gasteiger partial charge in [0, 0.05) is 19.0 Å². The standard InChI is InChI=1S/C17H29NO/c1-5-7-9-10-15(3)12-18-13-17(14-19)16(4)11-8-6-2/h5,7,9-10,14,16-18H,3,6,8,11-13H2,1-2,4H3/b7-5-,10-9-. The van der Waals surface area contributed by atoms with Crippen molar-refractivity contribution in [2.75, 3.05) is 13.1 Å². The van der Waals surface area contributed by atoms with Crippen LogP contribution in [0.25, 0.3) is 0 Å². The van der Waals surface area contributed by atoms with E-state index in [-0.39, 0.29) is 5.92 Å². The number of hydrogen-bond donors (Lipinski definition) is 1. The van der Waals surface area contributed by atoms with Crippen LogP contribution in [0.2, 0.25) is 0 Å². The van der Waals surface area contributed by atoms with Crippen molar-refractivity contribution >= 4 is 6.29 Å². The van der Waals surface area contributed by atoms with Crippen molar-refractivity contribution in [1.82, 2.24) is 5.32 Å². The highest BCUT2D eigenvalue weighted by molar-refractivity contribution is 5.54. The zero-order chi connectivity index (χ0) is 14.5. The lowest BCUT2D eigenvalue weighted by Gasteiger charge is -2.19. The van der Waals surface area contributed by atoms with E-state index in [0.717, 1.165) is 31.4 Å². The van der Waals surface area contributed by atoms with E-state index in [1.54, 1.807) is 0 Å². The predicted octanol–water partition coefficient (Wildman–Crippen LogP) is 3.91. The minimum absolute atomic E-state index is 0.110. The Morgan fingerprint density at radius 3 is 2.68 bits per heavy atom. The van der Waals surface area contributed by atoms with E-state index in [2.05, 4.69) is 25.7 Å². The summed E-state index contributed by atoms with van der Waals surface area (Å²) in [5, 5.41) is 3.31. The molecule has 0 bridgehead atoms. The first kappa shape index (κ1) is 17.8. The van der Waals surface area contributed by atoms with E-state index in [0.29, 0.717) is 5.92 Å². The molecule has 0 aromatic carbocycles. The third kappa shape index (κ3) is 9.43. The summed E-state index contributed by atoms with van der Waals surface area (Å²) in [5.74, 6) is 0.565. The van der Waals surface area contributed by atoms with Crippen LogP contribution in [0, 0.1) is 11.8 Å². The van der Waals surface area contributed by atoms with E-state index >= 15 is 0 Å². The number of carbonyl (C=O) groups excluding carboxylic acids is 1. The topological polar surface area (TPSA) is 29.1 Å². The van der Waals surface area contributed by atoms with Crippen molar-refractivity contribution in [3.8, 4) is 0 Å². The zero-order valence-corrected chi connectivity index (χ0v) is 12.7. The molecule has 0 aromatic rings. The second kappa shape index (κ2) is 11.9. The summed E-state index contributed by atoms with van der Waals surface area (Å²) in [6.45, 7) is 11.8. The minimum atomic E-state index is 0.110. The number of nitrogens with one attached hydrogen (secondary N) is 1. The van der Waals surface area contributed by atoms with E-state index < -0.39 is 0 Å². The van der Waals surface area contributed by atoms with Gasteiger partial charge < -0.3 is 10.1 Å². The van der Waals surface area contributed by atoms with Gasteiger partial charge in [0.05, 0.1) is 0 Å². The maximum Gasteiger partial charge on any atom is 0.124 e. The second-order valence-electron chi connectivity index (χ2n) is 5.09. The molecule has 0 rings (SSSR count). The lowest BCUT2D eigenvalue weighted by atomic mass is 9.90. The van der Waals surface area contributed by atoms with Crippen LogP contribution in [-0.2, 0) is 4.79 Å². The molecule has 2 atom stereocenters. The van der Waals surface area contributed by atoms with Gasteiger partial charge in [0.15, 0.2) is 0 Å². The lowest BCUT2D eigenvalue weighted by molar-refractivity contribution is -0.112. The number of aldehydes is 1. The normalized spacial score (nSPS) is 14.9. The Morgan fingerprint density at radius 1 is 1.37 bits per heavy atom. The van der Waals surface area contributed by atoms with Crippen molar-refractivity contribution < 1.29 is 4.79 Å². The third-order valence-corrected chi connectivity index (χ3v) is 3.29. The number of unbranched alkanes of at least 4 members (excludes halogenated alkanes) is 1. The van der Waals surface area contributed by atoms with Gasteiger partial charge in [-0.05, 0) is 24.8 Å². The van der Waals surface area contributed by atoms with Gasteiger partial charge in [-0.3, -0.25) is 0 Å². The molecule has 0 aliphatic heterocycles. The van der Waals surface area contributed by atoms with Gasteiger partial charge in [0.1, 0.15) is 6.29 Å². The molecule has 0 spiro atoms. The van der Waals surface area contributed by atoms with Gasteiger partial charge in [0.25, 0.3) is 0 Å². The molecule has 0 aliphatic carbocycles. The SMILES string of the molecule is C=C(/C=C\C=C/C)CNCC(C=O)C(C)CCCC. The number of allylic oxidation sites excluding steroid dienone is 3. The van der Waals surface area contributed by atoms with Gasteiger partial charge in [-0.25, -0.2) is 0 Å². The minimum Gasteiger partial charge on any atom is -0.312 e. The van der Waals surface area contributed by atoms with E-state index in [1.807, 2.05) is 31.2 Å². The highest BCUT2D eigenvalue weighted by Crippen LogP contribution is 2.16. The number of hydrogen-bond acceptors (Lipinski definition) is 2. The smallest absolute Gasteiger partial charge is 0.124 e. The van der Waals surface area contributed by atoms with E-state index in [1.165, 1.54) is 12.8 Å². The summed E-state index contributed by atoms with van der Waals surface area (Å²) in [6.07, 6.45) is 12.5. The van der Waals surface area contributed by atoms with Crippen LogP contribution >= 0.6 is 0 Å². The molecule has 2 nitrogen and oxygen atoms in total. The molecular weight excluding hydrogens is 234 g/mol. The van der Waals surface area contributed by atoms with Crippen LogP contribution < -0.4 is 5.32 Å². The molecule has 0 amide bonds. The molecule has 0 saturated heterocycles. The first-order valence-corrected chi connectivity index (χ1v) is 7.28. The largest absolute Gasteiger partial charge is 0.312 e. The number of rotatable bonds is 11. The van der Waals surface area contributed by atoms with Crippen molar-refractivity contribution in [1.29, 1.82) is 0 Å². The van der Waals surface area contributed by atoms with Crippen LogP contribution in [0.4, 0.5) is 0 Å². The molecular formula is C17H29NO. The maximum atomic E-state index is 11.1. The molecule has 2 unspecified atom stereocenters. The molecule has 0 saturated carbocycles. The van der Waals surface area contributed by atoms with Crippen LogP contribution in [0.1, 0.15) is 40.0 Å². The summed E-state index contributed by atoms with van der Waals surface area (Å²) < 4.78 is 0. The average molecular weight is 263 g/mol. The van der Waals surface area contributed by atoms with Crippen molar-refractivity contribution in [3.05, 3.63) is 36.5 Å². The quantitative estimate of drug-likeness (QED) is 0.452. The van der Waals surface area contributed by atoms with Crippen molar-refractivity contribution in [3.63, 3.8) is 0 Å². The Bertz CT molecular complexity index is 304. The molecule has 2 heteroatoms. The fourth-order valence-corrected chi connectivity index (χ4v) is 1.88. The molecule has 0 aromatic heterocycles. The first-order valence-electron chi connectivity index (χ1n) is 7.28. The Labute approximate surface area is 118 Å². The Kier molecular flexibility index (Phi) is 11.2. The van der Waals surface area contributed by atoms with Gasteiger partial charge in [-0.1, -0.05) is 57.6 Å². The Balaban J connectivity index is 3.94. The highest BCUT2D eigenvalue weighted by Gasteiger charge is 2.15. The van der Waals surface area contributed by atoms with Gasteiger partial charge in [-0.15, -0.1) is 0 Å². The van der Waals surface area contributed by atoms with Gasteiger partial charge in [-0.2, -0.15) is 0 Å². The zero-order valence-electron chi connectivity index (χ0n) is 12.7. The van der Waals surface area contributed by atoms with Crippen molar-refractivity contribution in [2.24, 2.45) is 11.8 Å². The Hall–Kier alpha value is -1.15. The maximum absolute atomic E-state index is 11.1. The van der Waals surface area contributed by atoms with Crippen LogP contribution in [0.3, 0.4) is 0 Å². The fraction of sp³-hybridized carbons (Fsp3) is 0.588. The summed E-state index contributed by atoms with van der Waals surface area (Å²) in [4.78, 5) is 11.1. The lowest BCUT2D eigenvalue weighted by Crippen LogP contribution is -2.29. The molecule has 108 valence electrons. The van der Waals surface area contributed by atoms with E-state index in [4.69, 9.17) is 0 Å². The summed E-state index contributed by atoms with van der Waals surface area (Å²) >= 11 is 0.